The summed E-state index contributed by atoms with van der Waals surface area (Å²) in [7, 11) is 0. The first-order valence-electron chi connectivity index (χ1n) is 6.41. The molecule has 96 valence electrons. The molecule has 0 bridgehead atoms. The van der Waals surface area contributed by atoms with Crippen molar-refractivity contribution in [2.45, 2.75) is 31.8 Å². The molecule has 18 heavy (non-hydrogen) atoms. The summed E-state index contributed by atoms with van der Waals surface area (Å²) in [6, 6.07) is 1.78. The van der Waals surface area contributed by atoms with E-state index in [1.165, 1.54) is 19.3 Å². The van der Waals surface area contributed by atoms with Gasteiger partial charge in [-0.1, -0.05) is 6.42 Å². The van der Waals surface area contributed by atoms with Crippen LogP contribution in [0.25, 0.3) is 5.57 Å². The molecular weight excluding hydrogens is 230 g/mol. The molecule has 0 radical (unpaired) electrons. The molecule has 2 atom stereocenters. The first kappa shape index (κ1) is 11.8. The van der Waals surface area contributed by atoms with Gasteiger partial charge in [0.25, 0.3) is 0 Å². The van der Waals surface area contributed by atoms with E-state index in [2.05, 4.69) is 14.9 Å². The lowest BCUT2D eigenvalue weighted by atomic mass is 10.1. The van der Waals surface area contributed by atoms with Gasteiger partial charge in [-0.05, 0) is 25.0 Å². The molecule has 5 heteroatoms. The fourth-order valence-electron chi connectivity index (χ4n) is 2.55. The molecule has 2 aliphatic heterocycles. The van der Waals surface area contributed by atoms with Crippen molar-refractivity contribution in [3.8, 4) is 0 Å². The van der Waals surface area contributed by atoms with Gasteiger partial charge in [-0.15, -0.1) is 0 Å². The van der Waals surface area contributed by atoms with Crippen molar-refractivity contribution < 1.29 is 9.84 Å². The van der Waals surface area contributed by atoms with E-state index in [1.54, 1.807) is 24.5 Å². The Morgan fingerprint density at radius 1 is 1.17 bits per heavy atom. The van der Waals surface area contributed by atoms with E-state index < -0.39 is 6.29 Å². The maximum atomic E-state index is 9.68. The number of ether oxygens (including phenoxy) is 1. The van der Waals surface area contributed by atoms with Gasteiger partial charge in [0.1, 0.15) is 6.23 Å². The smallest absolute Gasteiger partial charge is 0.177 e. The van der Waals surface area contributed by atoms with Crippen LogP contribution in [0.3, 0.4) is 0 Å². The van der Waals surface area contributed by atoms with Crippen molar-refractivity contribution in [1.82, 2.24) is 14.9 Å². The Morgan fingerprint density at radius 3 is 2.61 bits per heavy atom. The molecule has 1 aromatic rings. The largest absolute Gasteiger partial charge is 0.365 e. The first-order chi connectivity index (χ1) is 8.84. The number of hydrogen-bond acceptors (Lipinski definition) is 5. The van der Waals surface area contributed by atoms with Crippen LogP contribution in [0.1, 0.15) is 25.1 Å². The second-order valence-electron chi connectivity index (χ2n) is 4.67. The second-order valence-corrected chi connectivity index (χ2v) is 4.67. The molecule has 3 heterocycles. The van der Waals surface area contributed by atoms with E-state index in [9.17, 15) is 5.11 Å². The Hall–Kier alpha value is -1.30. The van der Waals surface area contributed by atoms with Gasteiger partial charge in [-0.3, -0.25) is 4.90 Å². The summed E-state index contributed by atoms with van der Waals surface area (Å²) >= 11 is 0. The van der Waals surface area contributed by atoms with Crippen molar-refractivity contribution in [3.63, 3.8) is 0 Å². The zero-order chi connectivity index (χ0) is 12.4. The van der Waals surface area contributed by atoms with Crippen LogP contribution in [-0.4, -0.2) is 45.6 Å². The molecule has 0 spiro atoms. The molecule has 0 saturated carbocycles. The Bertz CT molecular complexity index is 429. The van der Waals surface area contributed by atoms with Gasteiger partial charge in [-0.25, -0.2) is 9.97 Å². The SMILES string of the molecule is OC1C=C(c2ncccn2)C(N2CCCCC2)O1. The van der Waals surface area contributed by atoms with Gasteiger partial charge in [0.15, 0.2) is 12.1 Å². The number of nitrogens with zero attached hydrogens (tertiary/aromatic N) is 3. The number of piperidine rings is 1. The molecule has 5 nitrogen and oxygen atoms in total. The molecule has 2 aliphatic rings. The van der Waals surface area contributed by atoms with Gasteiger partial charge in [-0.2, -0.15) is 0 Å². The average molecular weight is 247 g/mol. The number of hydrogen-bond donors (Lipinski definition) is 1. The monoisotopic (exact) mass is 247 g/mol. The van der Waals surface area contributed by atoms with Crippen LogP contribution in [0.4, 0.5) is 0 Å². The molecule has 0 aliphatic carbocycles. The number of aliphatic hydroxyl groups excluding tert-OH is 1. The third kappa shape index (κ3) is 2.29. The van der Waals surface area contributed by atoms with Crippen molar-refractivity contribution >= 4 is 5.57 Å². The van der Waals surface area contributed by atoms with Crippen LogP contribution in [0.2, 0.25) is 0 Å². The number of aromatic nitrogens is 2. The quantitative estimate of drug-likeness (QED) is 0.845. The normalized spacial score (nSPS) is 29.3. The van der Waals surface area contributed by atoms with Gasteiger partial charge < -0.3 is 9.84 Å². The van der Waals surface area contributed by atoms with Gasteiger partial charge in [0.2, 0.25) is 0 Å². The minimum atomic E-state index is -0.851. The van der Waals surface area contributed by atoms with E-state index in [-0.39, 0.29) is 6.23 Å². The molecule has 1 saturated heterocycles. The van der Waals surface area contributed by atoms with Crippen LogP contribution in [0, 0.1) is 0 Å². The Kier molecular flexibility index (Phi) is 3.36. The lowest BCUT2D eigenvalue weighted by Gasteiger charge is -2.32. The van der Waals surface area contributed by atoms with Crippen LogP contribution in [-0.2, 0) is 4.74 Å². The van der Waals surface area contributed by atoms with Crippen LogP contribution >= 0.6 is 0 Å². The molecule has 2 unspecified atom stereocenters. The van der Waals surface area contributed by atoms with Crippen molar-refractivity contribution in [2.24, 2.45) is 0 Å². The first-order valence-corrected chi connectivity index (χ1v) is 6.41. The van der Waals surface area contributed by atoms with E-state index in [0.717, 1.165) is 18.7 Å². The third-order valence-electron chi connectivity index (χ3n) is 3.40. The highest BCUT2D eigenvalue weighted by molar-refractivity contribution is 5.65. The Labute approximate surface area is 106 Å². The zero-order valence-corrected chi connectivity index (χ0v) is 10.2. The van der Waals surface area contributed by atoms with Gasteiger partial charge in [0, 0.05) is 31.1 Å². The summed E-state index contributed by atoms with van der Waals surface area (Å²) < 4.78 is 5.58. The molecule has 1 fully saturated rings. The van der Waals surface area contributed by atoms with Crippen LogP contribution in [0.5, 0.6) is 0 Å². The maximum Gasteiger partial charge on any atom is 0.177 e. The fourth-order valence-corrected chi connectivity index (χ4v) is 2.55. The highest BCUT2D eigenvalue weighted by atomic mass is 16.6. The van der Waals surface area contributed by atoms with Crippen molar-refractivity contribution in [2.75, 3.05) is 13.1 Å². The highest BCUT2D eigenvalue weighted by Crippen LogP contribution is 2.29. The standard InChI is InChI=1S/C13H17N3O2/c17-11-9-10(12-14-5-4-6-15-12)13(18-11)16-7-2-1-3-8-16/h4-6,9,11,13,17H,1-3,7-8H2. The van der Waals surface area contributed by atoms with Gasteiger partial charge >= 0.3 is 0 Å². The molecule has 1 N–H and O–H groups in total. The summed E-state index contributed by atoms with van der Waals surface area (Å²) in [5.41, 5.74) is 0.880. The van der Waals surface area contributed by atoms with E-state index in [1.807, 2.05) is 0 Å². The highest BCUT2D eigenvalue weighted by Gasteiger charge is 2.33. The number of aliphatic hydroxyl groups is 1. The molecular formula is C13H17N3O2. The van der Waals surface area contributed by atoms with Crippen LogP contribution in [0.15, 0.2) is 24.5 Å². The Morgan fingerprint density at radius 2 is 1.89 bits per heavy atom. The average Bonchev–Trinajstić information content (AvgIpc) is 2.83. The maximum absolute atomic E-state index is 9.68. The number of likely N-dealkylation sites (tertiary alicyclic amines) is 1. The summed E-state index contributed by atoms with van der Waals surface area (Å²) in [6.07, 6.45) is 7.69. The predicted molar refractivity (Wildman–Crippen MR) is 66.3 cm³/mol. The van der Waals surface area contributed by atoms with Crippen molar-refractivity contribution in [1.29, 1.82) is 0 Å². The van der Waals surface area contributed by atoms with Gasteiger partial charge in [0.05, 0.1) is 0 Å². The lowest BCUT2D eigenvalue weighted by Crippen LogP contribution is -2.40. The molecule has 1 aromatic heterocycles. The molecule has 0 amide bonds. The summed E-state index contributed by atoms with van der Waals surface area (Å²) in [4.78, 5) is 10.7. The predicted octanol–water partition coefficient (Wildman–Crippen LogP) is 1.02. The zero-order valence-electron chi connectivity index (χ0n) is 10.2. The second kappa shape index (κ2) is 5.14. The third-order valence-corrected chi connectivity index (χ3v) is 3.40. The number of rotatable bonds is 2. The molecule has 0 aromatic carbocycles. The summed E-state index contributed by atoms with van der Waals surface area (Å²) in [5.74, 6) is 0.643. The van der Waals surface area contributed by atoms with E-state index in [4.69, 9.17) is 4.74 Å². The lowest BCUT2D eigenvalue weighted by molar-refractivity contribution is -0.124. The minimum absolute atomic E-state index is 0.206. The molecule has 3 rings (SSSR count). The van der Waals surface area contributed by atoms with Crippen LogP contribution < -0.4 is 0 Å². The Balaban J connectivity index is 1.84. The summed E-state index contributed by atoms with van der Waals surface area (Å²) in [5, 5.41) is 9.68. The fraction of sp³-hybridized carbons (Fsp3) is 0.538. The topological polar surface area (TPSA) is 58.5 Å². The minimum Gasteiger partial charge on any atom is -0.365 e. The van der Waals surface area contributed by atoms with Crippen molar-refractivity contribution in [3.05, 3.63) is 30.4 Å². The summed E-state index contributed by atoms with van der Waals surface area (Å²) in [6.45, 7) is 2.00. The van der Waals surface area contributed by atoms with E-state index in [0.29, 0.717) is 5.82 Å². The van der Waals surface area contributed by atoms with E-state index >= 15 is 0 Å².